The molecule has 1 atom stereocenters. The minimum Gasteiger partial charge on any atom is -0.481 e. The zero-order chi connectivity index (χ0) is 15.3. The van der Waals surface area contributed by atoms with Crippen LogP contribution in [-0.4, -0.2) is 28.2 Å². The Morgan fingerprint density at radius 3 is 2.55 bits per heavy atom. The monoisotopic (exact) mass is 344 g/mol. The Bertz CT molecular complexity index is 496. The maximum atomic E-state index is 10.9. The van der Waals surface area contributed by atoms with E-state index in [2.05, 4.69) is 21.2 Å². The molecule has 1 rings (SSSR count). The molecule has 0 saturated carbocycles. The third kappa shape index (κ3) is 4.73. The van der Waals surface area contributed by atoms with E-state index in [0.29, 0.717) is 28.7 Å². The molecule has 0 amide bonds. The lowest BCUT2D eigenvalue weighted by molar-refractivity contribution is -0.137. The summed E-state index contributed by atoms with van der Waals surface area (Å²) in [5, 5.41) is 20.7. The first-order valence-corrected chi connectivity index (χ1v) is 6.91. The lowest BCUT2D eigenvalue weighted by Crippen LogP contribution is -2.17. The normalized spacial score (nSPS) is 11.9. The maximum absolute atomic E-state index is 10.9. The molecule has 0 aromatic heterocycles. The summed E-state index contributed by atoms with van der Waals surface area (Å²) in [4.78, 5) is 21.3. The van der Waals surface area contributed by atoms with Crippen LogP contribution in [0.1, 0.15) is 36.5 Å². The zero-order valence-corrected chi connectivity index (χ0v) is 12.6. The van der Waals surface area contributed by atoms with Crippen molar-refractivity contribution in [1.82, 2.24) is 0 Å². The fourth-order valence-corrected chi connectivity index (χ4v) is 2.37. The molecule has 0 unspecified atom stereocenters. The first-order chi connectivity index (χ1) is 9.31. The predicted octanol–water partition coefficient (Wildman–Crippen LogP) is 2.78. The Morgan fingerprint density at radius 2 is 2.05 bits per heavy atom. The molecule has 0 fully saturated rings. The third-order valence-corrected chi connectivity index (χ3v) is 3.41. The van der Waals surface area contributed by atoms with Gasteiger partial charge in [0.2, 0.25) is 0 Å². The molecule has 0 radical (unpaired) electrons. The number of aliphatic carboxylic acids is 1. The number of halogens is 1. The maximum Gasteiger partial charge on any atom is 0.335 e. The number of anilines is 2. The van der Waals surface area contributed by atoms with E-state index >= 15 is 0 Å². The van der Waals surface area contributed by atoms with Crippen LogP contribution < -0.4 is 11.1 Å². The average Bonchev–Trinajstić information content (AvgIpc) is 2.32. The fourth-order valence-electron chi connectivity index (χ4n) is 1.78. The molecule has 0 aliphatic heterocycles. The quantitative estimate of drug-likeness (QED) is 0.565. The number of aromatic carboxylic acids is 1. The molecule has 110 valence electrons. The van der Waals surface area contributed by atoms with Gasteiger partial charge in [-0.15, -0.1) is 0 Å². The van der Waals surface area contributed by atoms with E-state index in [4.69, 9.17) is 15.9 Å². The largest absolute Gasteiger partial charge is 0.481 e. The standard InChI is InChI=1S/C13H17BrN2O4/c1-7(3-2-4-11(17)18)16-12-9(14)5-8(13(19)20)6-10(12)15/h5-7,16H,2-4,15H2,1H3,(H,17,18)(H,19,20)/t7-/m1/s1. The molecule has 0 aliphatic carbocycles. The van der Waals surface area contributed by atoms with Gasteiger partial charge in [-0.2, -0.15) is 0 Å². The van der Waals surface area contributed by atoms with Crippen molar-refractivity contribution < 1.29 is 19.8 Å². The van der Waals surface area contributed by atoms with Crippen LogP contribution in [0.4, 0.5) is 11.4 Å². The second-order valence-electron chi connectivity index (χ2n) is 4.56. The van der Waals surface area contributed by atoms with Crippen LogP contribution >= 0.6 is 15.9 Å². The van der Waals surface area contributed by atoms with Crippen molar-refractivity contribution in [2.45, 2.75) is 32.2 Å². The molecular formula is C13H17BrN2O4. The number of nitrogen functional groups attached to an aromatic ring is 1. The van der Waals surface area contributed by atoms with Gasteiger partial charge in [0.25, 0.3) is 0 Å². The van der Waals surface area contributed by atoms with Crippen LogP contribution in [-0.2, 0) is 4.79 Å². The topological polar surface area (TPSA) is 113 Å². The minimum atomic E-state index is -1.04. The number of carbonyl (C=O) groups is 2. The molecule has 7 heteroatoms. The summed E-state index contributed by atoms with van der Waals surface area (Å²) >= 11 is 3.29. The van der Waals surface area contributed by atoms with E-state index in [1.807, 2.05) is 6.92 Å². The SMILES string of the molecule is C[C@H](CCCC(=O)O)Nc1c(N)cc(C(=O)O)cc1Br. The van der Waals surface area contributed by atoms with Gasteiger partial charge in [-0.1, -0.05) is 0 Å². The van der Waals surface area contributed by atoms with Crippen LogP contribution in [0.25, 0.3) is 0 Å². The van der Waals surface area contributed by atoms with E-state index in [1.54, 1.807) is 0 Å². The summed E-state index contributed by atoms with van der Waals surface area (Å²) < 4.78 is 0.569. The van der Waals surface area contributed by atoms with Gasteiger partial charge in [-0.05, 0) is 47.8 Å². The van der Waals surface area contributed by atoms with Crippen LogP contribution in [0.5, 0.6) is 0 Å². The van der Waals surface area contributed by atoms with Crippen LogP contribution in [0.15, 0.2) is 16.6 Å². The highest BCUT2D eigenvalue weighted by atomic mass is 79.9. The first-order valence-electron chi connectivity index (χ1n) is 6.12. The Balaban J connectivity index is 2.72. The Morgan fingerprint density at radius 1 is 1.40 bits per heavy atom. The number of hydrogen-bond donors (Lipinski definition) is 4. The smallest absolute Gasteiger partial charge is 0.335 e. The Kier molecular flexibility index (Phi) is 5.82. The molecule has 0 spiro atoms. The van der Waals surface area contributed by atoms with Gasteiger partial charge in [0.15, 0.2) is 0 Å². The third-order valence-electron chi connectivity index (χ3n) is 2.79. The molecule has 6 nitrogen and oxygen atoms in total. The summed E-state index contributed by atoms with van der Waals surface area (Å²) in [5.74, 6) is -1.86. The van der Waals surface area contributed by atoms with Gasteiger partial charge in [0.1, 0.15) is 0 Å². The molecule has 0 heterocycles. The van der Waals surface area contributed by atoms with E-state index in [1.165, 1.54) is 12.1 Å². The molecule has 5 N–H and O–H groups in total. The van der Waals surface area contributed by atoms with Gasteiger partial charge in [0, 0.05) is 16.9 Å². The molecule has 0 aliphatic rings. The van der Waals surface area contributed by atoms with Crippen molar-refractivity contribution >= 4 is 39.2 Å². The lowest BCUT2D eigenvalue weighted by Gasteiger charge is -2.18. The summed E-state index contributed by atoms with van der Waals surface area (Å²) in [5.41, 5.74) is 6.90. The second-order valence-corrected chi connectivity index (χ2v) is 5.41. The zero-order valence-electron chi connectivity index (χ0n) is 11.0. The van der Waals surface area contributed by atoms with Gasteiger partial charge in [-0.3, -0.25) is 4.79 Å². The summed E-state index contributed by atoms with van der Waals surface area (Å²) in [6.07, 6.45) is 1.37. The summed E-state index contributed by atoms with van der Waals surface area (Å²) in [6, 6.07) is 2.90. The lowest BCUT2D eigenvalue weighted by atomic mass is 10.1. The molecule has 20 heavy (non-hydrogen) atoms. The Labute approximate surface area is 125 Å². The number of rotatable bonds is 7. The van der Waals surface area contributed by atoms with Crippen LogP contribution in [0.3, 0.4) is 0 Å². The van der Waals surface area contributed by atoms with Crippen molar-refractivity contribution in [2.24, 2.45) is 0 Å². The molecule has 1 aromatic rings. The number of nitrogens with one attached hydrogen (secondary N) is 1. The number of carboxylic acids is 2. The van der Waals surface area contributed by atoms with E-state index in [9.17, 15) is 9.59 Å². The summed E-state index contributed by atoms with van der Waals surface area (Å²) in [7, 11) is 0. The molecule has 0 saturated heterocycles. The van der Waals surface area contributed by atoms with E-state index in [0.717, 1.165) is 0 Å². The van der Waals surface area contributed by atoms with E-state index < -0.39 is 11.9 Å². The van der Waals surface area contributed by atoms with Gasteiger partial charge < -0.3 is 21.3 Å². The predicted molar refractivity (Wildman–Crippen MR) is 80.1 cm³/mol. The number of hydrogen-bond acceptors (Lipinski definition) is 4. The van der Waals surface area contributed by atoms with Crippen molar-refractivity contribution in [3.63, 3.8) is 0 Å². The average molecular weight is 345 g/mol. The van der Waals surface area contributed by atoms with Gasteiger partial charge in [-0.25, -0.2) is 4.79 Å². The Hall–Kier alpha value is -1.76. The van der Waals surface area contributed by atoms with Crippen LogP contribution in [0, 0.1) is 0 Å². The molecular weight excluding hydrogens is 328 g/mol. The highest BCUT2D eigenvalue weighted by Gasteiger charge is 2.13. The van der Waals surface area contributed by atoms with E-state index in [-0.39, 0.29) is 18.0 Å². The van der Waals surface area contributed by atoms with Crippen molar-refractivity contribution in [2.75, 3.05) is 11.1 Å². The highest BCUT2D eigenvalue weighted by Crippen LogP contribution is 2.31. The molecule has 1 aromatic carbocycles. The van der Waals surface area contributed by atoms with Crippen molar-refractivity contribution in [3.05, 3.63) is 22.2 Å². The van der Waals surface area contributed by atoms with Crippen molar-refractivity contribution in [3.8, 4) is 0 Å². The number of carboxylic acid groups (broad SMARTS) is 2. The van der Waals surface area contributed by atoms with Gasteiger partial charge >= 0.3 is 11.9 Å². The number of nitrogens with two attached hydrogens (primary N) is 1. The summed E-state index contributed by atoms with van der Waals surface area (Å²) in [6.45, 7) is 1.92. The first kappa shape index (κ1) is 16.3. The number of benzene rings is 1. The fraction of sp³-hybridized carbons (Fsp3) is 0.385. The van der Waals surface area contributed by atoms with Crippen LogP contribution in [0.2, 0.25) is 0 Å². The molecule has 0 bridgehead atoms. The highest BCUT2D eigenvalue weighted by molar-refractivity contribution is 9.10. The minimum absolute atomic E-state index is 0.0311. The second kappa shape index (κ2) is 7.14. The van der Waals surface area contributed by atoms with Gasteiger partial charge in [0.05, 0.1) is 16.9 Å². The van der Waals surface area contributed by atoms with Crippen molar-refractivity contribution in [1.29, 1.82) is 0 Å².